The molecular weight excluding hydrogens is 323 g/mol. The summed E-state index contributed by atoms with van der Waals surface area (Å²) >= 11 is 0. The van der Waals surface area contributed by atoms with Crippen molar-refractivity contribution in [3.63, 3.8) is 0 Å². The van der Waals surface area contributed by atoms with E-state index in [0.29, 0.717) is 6.29 Å². The second kappa shape index (κ2) is 5.46. The molecule has 1 heterocycles. The van der Waals surface area contributed by atoms with Gasteiger partial charge < -0.3 is 0 Å². The zero-order valence-electron chi connectivity index (χ0n) is 10.7. The van der Waals surface area contributed by atoms with Crippen molar-refractivity contribution in [1.82, 2.24) is 9.97 Å². The molecule has 22 heavy (non-hydrogen) atoms. The second-order valence-electron chi connectivity index (χ2n) is 4.21. The van der Waals surface area contributed by atoms with Crippen LogP contribution in [0.2, 0.25) is 0 Å². The molecule has 0 aliphatic heterocycles. The predicted molar refractivity (Wildman–Crippen MR) is 69.2 cm³/mol. The van der Waals surface area contributed by atoms with E-state index in [-0.39, 0.29) is 21.6 Å². The lowest BCUT2D eigenvalue weighted by Gasteiger charge is -2.08. The molecule has 0 atom stereocenters. The molecule has 2 rings (SSSR count). The highest BCUT2D eigenvalue weighted by molar-refractivity contribution is 7.89. The third kappa shape index (κ3) is 3.28. The van der Waals surface area contributed by atoms with Crippen molar-refractivity contribution in [1.29, 1.82) is 0 Å². The number of aromatic nitrogens is 2. The summed E-state index contributed by atoms with van der Waals surface area (Å²) in [5.41, 5.74) is 0.266. The van der Waals surface area contributed by atoms with Gasteiger partial charge in [-0.3, -0.25) is 4.79 Å². The number of sulfonamides is 1. The molecule has 0 saturated carbocycles. The quantitative estimate of drug-likeness (QED) is 0.861. The number of hydrogen-bond acceptors (Lipinski definition) is 5. The van der Waals surface area contributed by atoms with Crippen molar-refractivity contribution < 1.29 is 26.4 Å². The molecular formula is C12H8F3N3O3S. The first-order valence-electron chi connectivity index (χ1n) is 5.64. The van der Waals surface area contributed by atoms with Crippen LogP contribution < -0.4 is 5.14 Å². The average Bonchev–Trinajstić information content (AvgIpc) is 2.45. The van der Waals surface area contributed by atoms with Gasteiger partial charge in [0.2, 0.25) is 15.8 Å². The SMILES string of the molecule is NS(=O)(=O)c1ccc(-c2cnc(C(F)(F)F)nc2)c(C=O)c1. The number of primary sulfonamides is 1. The normalized spacial score (nSPS) is 12.2. The van der Waals surface area contributed by atoms with Gasteiger partial charge in [-0.05, 0) is 17.7 Å². The van der Waals surface area contributed by atoms with Crippen LogP contribution in [0.15, 0.2) is 35.5 Å². The molecule has 2 N–H and O–H groups in total. The van der Waals surface area contributed by atoms with Crippen molar-refractivity contribution in [2.75, 3.05) is 0 Å². The molecule has 0 amide bonds. The molecule has 10 heteroatoms. The topological polar surface area (TPSA) is 103 Å². The summed E-state index contributed by atoms with van der Waals surface area (Å²) in [5.74, 6) is -1.31. The minimum absolute atomic E-state index is 0.0603. The summed E-state index contributed by atoms with van der Waals surface area (Å²) in [5, 5.41) is 4.94. The first-order chi connectivity index (χ1) is 10.1. The number of alkyl halides is 3. The molecule has 0 aliphatic rings. The van der Waals surface area contributed by atoms with Crippen molar-refractivity contribution in [2.24, 2.45) is 5.14 Å². The molecule has 1 aromatic carbocycles. The molecule has 0 radical (unpaired) electrons. The molecule has 116 valence electrons. The summed E-state index contributed by atoms with van der Waals surface area (Å²) in [6.07, 6.45) is -2.52. The number of nitrogens with two attached hydrogens (primary N) is 1. The van der Waals surface area contributed by atoms with Gasteiger partial charge in [-0.15, -0.1) is 0 Å². The Morgan fingerprint density at radius 3 is 2.18 bits per heavy atom. The molecule has 0 spiro atoms. The van der Waals surface area contributed by atoms with Crippen molar-refractivity contribution in [2.45, 2.75) is 11.1 Å². The third-order valence-electron chi connectivity index (χ3n) is 2.69. The number of nitrogens with zero attached hydrogens (tertiary/aromatic N) is 2. The second-order valence-corrected chi connectivity index (χ2v) is 5.77. The third-order valence-corrected chi connectivity index (χ3v) is 3.61. The summed E-state index contributed by atoms with van der Waals surface area (Å²) < 4.78 is 59.6. The van der Waals surface area contributed by atoms with Gasteiger partial charge in [0.25, 0.3) is 0 Å². The van der Waals surface area contributed by atoms with Gasteiger partial charge in [0, 0.05) is 23.5 Å². The van der Waals surface area contributed by atoms with E-state index in [1.165, 1.54) is 6.07 Å². The Labute approximate surface area is 122 Å². The molecule has 0 aliphatic carbocycles. The lowest BCUT2D eigenvalue weighted by atomic mass is 10.0. The van der Waals surface area contributed by atoms with E-state index in [2.05, 4.69) is 9.97 Å². The van der Waals surface area contributed by atoms with Crippen LogP contribution in [-0.2, 0) is 16.2 Å². The molecule has 6 nitrogen and oxygen atoms in total. The minimum atomic E-state index is -4.68. The highest BCUT2D eigenvalue weighted by atomic mass is 32.2. The van der Waals surface area contributed by atoms with E-state index < -0.39 is 22.0 Å². The van der Waals surface area contributed by atoms with Crippen LogP contribution in [0.25, 0.3) is 11.1 Å². The number of benzene rings is 1. The van der Waals surface area contributed by atoms with Gasteiger partial charge in [0.05, 0.1) is 4.90 Å². The van der Waals surface area contributed by atoms with Gasteiger partial charge in [0.1, 0.15) is 0 Å². The van der Waals surface area contributed by atoms with Crippen LogP contribution in [0.4, 0.5) is 13.2 Å². The number of hydrogen-bond donors (Lipinski definition) is 1. The highest BCUT2D eigenvalue weighted by Crippen LogP contribution is 2.28. The van der Waals surface area contributed by atoms with Gasteiger partial charge in [-0.1, -0.05) is 6.07 Å². The average molecular weight is 331 g/mol. The number of rotatable bonds is 3. The van der Waals surface area contributed by atoms with Crippen LogP contribution in [-0.4, -0.2) is 24.7 Å². The molecule has 0 bridgehead atoms. The van der Waals surface area contributed by atoms with Gasteiger partial charge in [-0.2, -0.15) is 13.2 Å². The maximum Gasteiger partial charge on any atom is 0.451 e. The smallest absolute Gasteiger partial charge is 0.298 e. The lowest BCUT2D eigenvalue weighted by molar-refractivity contribution is -0.144. The van der Waals surface area contributed by atoms with Gasteiger partial charge in [0.15, 0.2) is 6.29 Å². The Bertz CT molecular complexity index is 818. The Morgan fingerprint density at radius 1 is 1.14 bits per heavy atom. The fraction of sp³-hybridized carbons (Fsp3) is 0.0833. The van der Waals surface area contributed by atoms with Crippen LogP contribution >= 0.6 is 0 Å². The van der Waals surface area contributed by atoms with E-state index in [9.17, 15) is 26.4 Å². The van der Waals surface area contributed by atoms with E-state index in [1.807, 2.05) is 0 Å². The van der Waals surface area contributed by atoms with Crippen LogP contribution in [0.1, 0.15) is 16.2 Å². The van der Waals surface area contributed by atoms with E-state index >= 15 is 0 Å². The maximum atomic E-state index is 12.4. The molecule has 1 aromatic heterocycles. The van der Waals surface area contributed by atoms with Crippen molar-refractivity contribution >= 4 is 16.3 Å². The zero-order chi connectivity index (χ0) is 16.5. The summed E-state index contributed by atoms with van der Waals surface area (Å²) in [7, 11) is -4.00. The van der Waals surface area contributed by atoms with Crippen LogP contribution in [0, 0.1) is 0 Å². The minimum Gasteiger partial charge on any atom is -0.298 e. The largest absolute Gasteiger partial charge is 0.451 e. The lowest BCUT2D eigenvalue weighted by Crippen LogP contribution is -2.12. The van der Waals surface area contributed by atoms with Crippen molar-refractivity contribution in [3.05, 3.63) is 42.0 Å². The fourth-order valence-electron chi connectivity index (χ4n) is 1.69. The fourth-order valence-corrected chi connectivity index (χ4v) is 2.24. The number of halogens is 3. The molecule has 2 aromatic rings. The van der Waals surface area contributed by atoms with E-state index in [1.54, 1.807) is 0 Å². The summed E-state index contributed by atoms with van der Waals surface area (Å²) in [4.78, 5) is 17.1. The molecule has 0 saturated heterocycles. The Hall–Kier alpha value is -2.33. The Morgan fingerprint density at radius 2 is 1.73 bits per heavy atom. The first kappa shape index (κ1) is 16.0. The summed E-state index contributed by atoms with van der Waals surface area (Å²) in [6.45, 7) is 0. The maximum absolute atomic E-state index is 12.4. The Balaban J connectivity index is 2.51. The molecule has 0 unspecified atom stereocenters. The van der Waals surface area contributed by atoms with Gasteiger partial charge in [-0.25, -0.2) is 23.5 Å². The van der Waals surface area contributed by atoms with E-state index in [0.717, 1.165) is 24.5 Å². The zero-order valence-corrected chi connectivity index (χ0v) is 11.5. The number of aldehydes is 1. The van der Waals surface area contributed by atoms with Crippen LogP contribution in [0.3, 0.4) is 0 Å². The molecule has 0 fully saturated rings. The van der Waals surface area contributed by atoms with Crippen molar-refractivity contribution in [3.8, 4) is 11.1 Å². The predicted octanol–water partition coefficient (Wildman–Crippen LogP) is 1.62. The highest BCUT2D eigenvalue weighted by Gasteiger charge is 2.34. The number of carbonyl (C=O) groups is 1. The van der Waals surface area contributed by atoms with Crippen LogP contribution in [0.5, 0.6) is 0 Å². The number of carbonyl (C=O) groups excluding carboxylic acids is 1. The first-order valence-corrected chi connectivity index (χ1v) is 7.19. The van der Waals surface area contributed by atoms with E-state index in [4.69, 9.17) is 5.14 Å². The Kier molecular flexibility index (Phi) is 3.98. The van der Waals surface area contributed by atoms with Gasteiger partial charge >= 0.3 is 6.18 Å². The monoisotopic (exact) mass is 331 g/mol. The summed E-state index contributed by atoms with van der Waals surface area (Å²) in [6, 6.07) is 3.40. The standard InChI is InChI=1S/C12H8F3N3O3S/c13-12(14,15)11-17-4-8(5-18-11)10-2-1-9(22(16,20)21)3-7(10)6-19/h1-6H,(H2,16,20,21).